The fraction of sp³-hybridized carbons (Fsp3) is 0.263. The van der Waals surface area contributed by atoms with Crippen molar-refractivity contribution < 1.29 is 9.59 Å². The number of amides is 2. The molecule has 3 heterocycles. The van der Waals surface area contributed by atoms with Gasteiger partial charge in [-0.15, -0.1) is 0 Å². The van der Waals surface area contributed by atoms with E-state index < -0.39 is 0 Å². The number of nitrogens with zero attached hydrogens (tertiary/aromatic N) is 3. The van der Waals surface area contributed by atoms with Gasteiger partial charge >= 0.3 is 0 Å². The zero-order chi connectivity index (χ0) is 18.8. The molecular formula is C19H19N5O3. The maximum atomic E-state index is 13.0. The van der Waals surface area contributed by atoms with Gasteiger partial charge < -0.3 is 14.8 Å². The molecule has 1 saturated heterocycles. The van der Waals surface area contributed by atoms with Crippen LogP contribution in [-0.4, -0.2) is 63.0 Å². The molecule has 0 bridgehead atoms. The van der Waals surface area contributed by atoms with E-state index in [2.05, 4.69) is 15.2 Å². The van der Waals surface area contributed by atoms with Gasteiger partial charge in [-0.2, -0.15) is 5.10 Å². The van der Waals surface area contributed by atoms with Crippen LogP contribution in [0, 0.1) is 0 Å². The van der Waals surface area contributed by atoms with Crippen molar-refractivity contribution in [2.75, 3.05) is 26.2 Å². The number of aromatic amines is 2. The molecule has 0 atom stereocenters. The largest absolute Gasteiger partial charge is 0.360 e. The van der Waals surface area contributed by atoms with Gasteiger partial charge in [-0.25, -0.2) is 5.10 Å². The van der Waals surface area contributed by atoms with E-state index >= 15 is 0 Å². The van der Waals surface area contributed by atoms with Crippen LogP contribution in [0.3, 0.4) is 0 Å². The molecule has 2 aromatic heterocycles. The van der Waals surface area contributed by atoms with Crippen LogP contribution in [0.15, 0.2) is 47.4 Å². The first-order valence-electron chi connectivity index (χ1n) is 8.84. The Bertz CT molecular complexity index is 1030. The van der Waals surface area contributed by atoms with E-state index in [1.54, 1.807) is 16.0 Å². The highest BCUT2D eigenvalue weighted by atomic mass is 16.2. The third-order valence-corrected chi connectivity index (χ3v) is 4.79. The lowest BCUT2D eigenvalue weighted by Crippen LogP contribution is -2.37. The molecule has 1 aliphatic rings. The van der Waals surface area contributed by atoms with Gasteiger partial charge in [0.15, 0.2) is 0 Å². The SMILES string of the molecule is O=C(c1ccc(=O)[nH]n1)N1CCCN(C(=O)c2c[nH]c3ccccc23)CC1. The van der Waals surface area contributed by atoms with Crippen LogP contribution < -0.4 is 5.56 Å². The lowest BCUT2D eigenvalue weighted by atomic mass is 10.1. The Labute approximate surface area is 154 Å². The van der Waals surface area contributed by atoms with Gasteiger partial charge in [-0.3, -0.25) is 14.4 Å². The maximum absolute atomic E-state index is 13.0. The van der Waals surface area contributed by atoms with Crippen LogP contribution >= 0.6 is 0 Å². The normalized spacial score (nSPS) is 15.0. The second-order valence-corrected chi connectivity index (χ2v) is 6.49. The van der Waals surface area contributed by atoms with Crippen LogP contribution in [0.25, 0.3) is 10.9 Å². The van der Waals surface area contributed by atoms with Crippen molar-refractivity contribution >= 4 is 22.7 Å². The number of rotatable bonds is 2. The summed E-state index contributed by atoms with van der Waals surface area (Å²) in [5.74, 6) is -0.281. The van der Waals surface area contributed by atoms with E-state index in [9.17, 15) is 14.4 Å². The number of aromatic nitrogens is 3. The number of para-hydroxylation sites is 1. The molecule has 27 heavy (non-hydrogen) atoms. The van der Waals surface area contributed by atoms with E-state index in [1.165, 1.54) is 12.1 Å². The first-order valence-corrected chi connectivity index (χ1v) is 8.84. The highest BCUT2D eigenvalue weighted by Crippen LogP contribution is 2.20. The smallest absolute Gasteiger partial charge is 0.274 e. The topological polar surface area (TPSA) is 102 Å². The summed E-state index contributed by atoms with van der Waals surface area (Å²) in [6.45, 7) is 2.00. The van der Waals surface area contributed by atoms with Gasteiger partial charge in [-0.05, 0) is 18.6 Å². The molecule has 0 saturated carbocycles. The van der Waals surface area contributed by atoms with Crippen LogP contribution in [0.1, 0.15) is 27.3 Å². The summed E-state index contributed by atoms with van der Waals surface area (Å²) in [6.07, 6.45) is 2.42. The molecule has 2 N–H and O–H groups in total. The molecule has 4 rings (SSSR count). The zero-order valence-corrected chi connectivity index (χ0v) is 14.6. The Kier molecular flexibility index (Phi) is 4.45. The summed E-state index contributed by atoms with van der Waals surface area (Å²) < 4.78 is 0. The molecule has 0 aliphatic carbocycles. The molecule has 0 unspecified atom stereocenters. The molecule has 1 fully saturated rings. The first-order chi connectivity index (χ1) is 13.1. The Morgan fingerprint density at radius 1 is 0.926 bits per heavy atom. The predicted octanol–water partition coefficient (Wildman–Crippen LogP) is 1.24. The second-order valence-electron chi connectivity index (χ2n) is 6.49. The number of nitrogens with one attached hydrogen (secondary N) is 2. The molecule has 0 spiro atoms. The summed E-state index contributed by atoms with van der Waals surface area (Å²) in [4.78, 5) is 43.2. The molecule has 0 radical (unpaired) electrons. The van der Waals surface area contributed by atoms with Gasteiger partial charge in [0.2, 0.25) is 0 Å². The minimum Gasteiger partial charge on any atom is -0.360 e. The van der Waals surface area contributed by atoms with E-state index in [1.807, 2.05) is 24.3 Å². The van der Waals surface area contributed by atoms with Gasteiger partial charge in [0.1, 0.15) is 5.69 Å². The number of fused-ring (bicyclic) bond motifs is 1. The Morgan fingerprint density at radius 3 is 2.41 bits per heavy atom. The van der Waals surface area contributed by atoms with Crippen molar-refractivity contribution in [1.82, 2.24) is 25.0 Å². The van der Waals surface area contributed by atoms with Crippen LogP contribution in [0.2, 0.25) is 0 Å². The van der Waals surface area contributed by atoms with Crippen LogP contribution in [-0.2, 0) is 0 Å². The molecular weight excluding hydrogens is 346 g/mol. The van der Waals surface area contributed by atoms with Crippen molar-refractivity contribution in [3.05, 3.63) is 64.2 Å². The van der Waals surface area contributed by atoms with Crippen molar-refractivity contribution in [3.8, 4) is 0 Å². The lowest BCUT2D eigenvalue weighted by molar-refractivity contribution is 0.0716. The summed E-state index contributed by atoms with van der Waals surface area (Å²) in [5.41, 5.74) is 1.42. The molecule has 138 valence electrons. The van der Waals surface area contributed by atoms with Crippen LogP contribution in [0.4, 0.5) is 0 Å². The number of carbonyl (C=O) groups excluding carboxylic acids is 2. The number of benzene rings is 1. The van der Waals surface area contributed by atoms with E-state index in [0.717, 1.165) is 10.9 Å². The average molecular weight is 365 g/mol. The second kappa shape index (κ2) is 7.06. The quantitative estimate of drug-likeness (QED) is 0.713. The van der Waals surface area contributed by atoms with Crippen molar-refractivity contribution in [3.63, 3.8) is 0 Å². The molecule has 1 aliphatic heterocycles. The van der Waals surface area contributed by atoms with Gasteiger partial charge in [-0.1, -0.05) is 18.2 Å². The van der Waals surface area contributed by atoms with Gasteiger partial charge in [0.05, 0.1) is 5.56 Å². The lowest BCUT2D eigenvalue weighted by Gasteiger charge is -2.21. The number of carbonyl (C=O) groups is 2. The maximum Gasteiger partial charge on any atom is 0.274 e. The molecule has 3 aromatic rings. The fourth-order valence-electron chi connectivity index (χ4n) is 3.37. The number of hydrogen-bond acceptors (Lipinski definition) is 4. The standard InChI is InChI=1S/C19H19N5O3/c25-17-7-6-16(21-22-17)19(27)24-9-3-8-23(10-11-24)18(26)14-12-20-15-5-2-1-4-13(14)15/h1-2,4-7,12,20H,3,8-11H2,(H,22,25). The van der Waals surface area contributed by atoms with E-state index in [-0.39, 0.29) is 23.1 Å². The molecule has 2 amide bonds. The Balaban J connectivity index is 1.48. The van der Waals surface area contributed by atoms with Gasteiger partial charge in [0, 0.05) is 49.3 Å². The summed E-state index contributed by atoms with van der Waals surface area (Å²) >= 11 is 0. The van der Waals surface area contributed by atoms with E-state index in [0.29, 0.717) is 38.2 Å². The third-order valence-electron chi connectivity index (χ3n) is 4.79. The number of hydrogen-bond donors (Lipinski definition) is 2. The highest BCUT2D eigenvalue weighted by molar-refractivity contribution is 6.06. The monoisotopic (exact) mass is 365 g/mol. The zero-order valence-electron chi connectivity index (χ0n) is 14.6. The summed E-state index contributed by atoms with van der Waals surface area (Å²) in [7, 11) is 0. The van der Waals surface area contributed by atoms with Crippen molar-refractivity contribution in [2.45, 2.75) is 6.42 Å². The molecule has 8 nitrogen and oxygen atoms in total. The number of H-pyrrole nitrogens is 2. The predicted molar refractivity (Wildman–Crippen MR) is 99.6 cm³/mol. The third kappa shape index (κ3) is 3.33. The minimum atomic E-state index is -0.349. The van der Waals surface area contributed by atoms with Crippen molar-refractivity contribution in [2.24, 2.45) is 0 Å². The van der Waals surface area contributed by atoms with Crippen molar-refractivity contribution in [1.29, 1.82) is 0 Å². The Morgan fingerprint density at radius 2 is 1.67 bits per heavy atom. The molecule has 8 heteroatoms. The van der Waals surface area contributed by atoms with Crippen LogP contribution in [0.5, 0.6) is 0 Å². The van der Waals surface area contributed by atoms with Gasteiger partial charge in [0.25, 0.3) is 17.4 Å². The average Bonchev–Trinajstić information content (AvgIpc) is 2.96. The Hall–Kier alpha value is -3.42. The first kappa shape index (κ1) is 17.0. The van der Waals surface area contributed by atoms with E-state index in [4.69, 9.17) is 0 Å². The molecule has 1 aromatic carbocycles. The fourth-order valence-corrected chi connectivity index (χ4v) is 3.37. The highest BCUT2D eigenvalue weighted by Gasteiger charge is 2.25. The minimum absolute atomic E-state index is 0.0380. The summed E-state index contributed by atoms with van der Waals surface area (Å²) in [6, 6.07) is 10.4. The summed E-state index contributed by atoms with van der Waals surface area (Å²) in [5, 5.41) is 6.98.